The topological polar surface area (TPSA) is 47.6 Å². The average Bonchev–Trinajstić information content (AvgIpc) is 2.66. The Morgan fingerprint density at radius 3 is 2.41 bits per heavy atom. The van der Waals surface area contributed by atoms with E-state index >= 15 is 0 Å². The molecule has 0 aliphatic carbocycles. The van der Waals surface area contributed by atoms with Crippen molar-refractivity contribution in [3.8, 4) is 11.5 Å². The van der Waals surface area contributed by atoms with Gasteiger partial charge in [-0.3, -0.25) is 4.79 Å². The summed E-state index contributed by atoms with van der Waals surface area (Å²) in [5.74, 6) is 1.79. The molecule has 0 radical (unpaired) electrons. The van der Waals surface area contributed by atoms with Gasteiger partial charge in [0, 0.05) is 0 Å². The first-order valence-electron chi connectivity index (χ1n) is 9.27. The number of ether oxygens (including phenoxy) is 2. The Morgan fingerprint density at radius 1 is 1.15 bits per heavy atom. The predicted molar refractivity (Wildman–Crippen MR) is 112 cm³/mol. The van der Waals surface area contributed by atoms with Crippen LogP contribution in [0, 0.1) is 5.92 Å². The van der Waals surface area contributed by atoms with Crippen LogP contribution in [0.15, 0.2) is 46.9 Å². The molecule has 0 bridgehead atoms. The molecule has 0 spiro atoms. The van der Waals surface area contributed by atoms with Crippen molar-refractivity contribution in [3.63, 3.8) is 0 Å². The first-order chi connectivity index (χ1) is 12.9. The molecule has 27 heavy (non-hydrogen) atoms. The van der Waals surface area contributed by atoms with Gasteiger partial charge in [-0.2, -0.15) is 0 Å². The molecule has 0 fully saturated rings. The Kier molecular flexibility index (Phi) is 8.17. The number of hydrogen-bond acceptors (Lipinski definition) is 3. The quantitative estimate of drug-likeness (QED) is 0.583. The van der Waals surface area contributed by atoms with Gasteiger partial charge in [-0.15, -0.1) is 0 Å². The van der Waals surface area contributed by atoms with Gasteiger partial charge in [0.25, 0.3) is 5.91 Å². The molecule has 4 nitrogen and oxygen atoms in total. The highest BCUT2D eigenvalue weighted by Gasteiger charge is 2.17. The summed E-state index contributed by atoms with van der Waals surface area (Å²) in [5.41, 5.74) is 2.28. The van der Waals surface area contributed by atoms with Crippen LogP contribution in [0.4, 0.5) is 0 Å². The van der Waals surface area contributed by atoms with Crippen LogP contribution in [0.25, 0.3) is 0 Å². The maximum absolute atomic E-state index is 12.5. The van der Waals surface area contributed by atoms with Gasteiger partial charge in [-0.25, -0.2) is 0 Å². The number of halogens is 1. The fourth-order valence-electron chi connectivity index (χ4n) is 2.85. The molecule has 1 unspecified atom stereocenters. The minimum atomic E-state index is -0.136. The second-order valence-corrected chi connectivity index (χ2v) is 7.78. The van der Waals surface area contributed by atoms with Crippen LogP contribution < -0.4 is 14.8 Å². The first-order valence-corrected chi connectivity index (χ1v) is 10.1. The molecule has 0 heterocycles. The zero-order valence-electron chi connectivity index (χ0n) is 16.4. The maximum atomic E-state index is 12.5. The summed E-state index contributed by atoms with van der Waals surface area (Å²) < 4.78 is 11.8. The summed E-state index contributed by atoms with van der Waals surface area (Å²) in [4.78, 5) is 12.5. The minimum Gasteiger partial charge on any atom is -0.497 e. The molecule has 5 heteroatoms. The van der Waals surface area contributed by atoms with Crippen molar-refractivity contribution in [2.75, 3.05) is 13.7 Å². The zero-order valence-corrected chi connectivity index (χ0v) is 18.0. The number of carbonyl (C=O) groups is 1. The number of aryl methyl sites for hydroxylation is 1. The molecule has 1 N–H and O–H groups in total. The third-order valence-electron chi connectivity index (χ3n) is 4.32. The van der Waals surface area contributed by atoms with E-state index in [2.05, 4.69) is 42.0 Å². The van der Waals surface area contributed by atoms with Crippen LogP contribution in [0.3, 0.4) is 0 Å². The van der Waals surface area contributed by atoms with E-state index in [-0.39, 0.29) is 18.6 Å². The van der Waals surface area contributed by atoms with E-state index in [1.165, 1.54) is 5.56 Å². The molecular weight excluding hydrogens is 406 g/mol. The summed E-state index contributed by atoms with van der Waals surface area (Å²) in [6, 6.07) is 13.7. The SMILES string of the molecule is CCc1ccc(OCC(=O)NC(CC(C)C)c2ccc(OC)cc2)c(Br)c1. The number of rotatable bonds is 9. The van der Waals surface area contributed by atoms with Crippen molar-refractivity contribution in [3.05, 3.63) is 58.1 Å². The Balaban J connectivity index is 2.00. The lowest BCUT2D eigenvalue weighted by Gasteiger charge is -2.21. The van der Waals surface area contributed by atoms with E-state index in [4.69, 9.17) is 9.47 Å². The molecule has 2 aromatic carbocycles. The van der Waals surface area contributed by atoms with E-state index in [1.807, 2.05) is 42.5 Å². The Hall–Kier alpha value is -2.01. The molecule has 1 atom stereocenters. The van der Waals surface area contributed by atoms with E-state index in [0.29, 0.717) is 11.7 Å². The number of methoxy groups -OCH3 is 1. The fraction of sp³-hybridized carbons (Fsp3) is 0.409. The van der Waals surface area contributed by atoms with Crippen LogP contribution in [0.1, 0.15) is 44.4 Å². The highest BCUT2D eigenvalue weighted by atomic mass is 79.9. The second-order valence-electron chi connectivity index (χ2n) is 6.93. The summed E-state index contributed by atoms with van der Waals surface area (Å²) in [7, 11) is 1.64. The van der Waals surface area contributed by atoms with Gasteiger partial charge in [-0.1, -0.05) is 39.0 Å². The summed E-state index contributed by atoms with van der Waals surface area (Å²) >= 11 is 3.50. The zero-order chi connectivity index (χ0) is 19.8. The van der Waals surface area contributed by atoms with Crippen molar-refractivity contribution in [1.82, 2.24) is 5.32 Å². The Bertz CT molecular complexity index is 744. The largest absolute Gasteiger partial charge is 0.497 e. The second kappa shape index (κ2) is 10.4. The molecule has 2 aromatic rings. The molecule has 0 saturated carbocycles. The first kappa shape index (κ1) is 21.3. The van der Waals surface area contributed by atoms with Gasteiger partial charge < -0.3 is 14.8 Å². The highest BCUT2D eigenvalue weighted by molar-refractivity contribution is 9.10. The van der Waals surface area contributed by atoms with E-state index in [1.54, 1.807) is 7.11 Å². The molecule has 146 valence electrons. The van der Waals surface area contributed by atoms with Crippen LogP contribution >= 0.6 is 15.9 Å². The molecule has 1 amide bonds. The molecular formula is C22H28BrNO3. The molecule has 0 saturated heterocycles. The van der Waals surface area contributed by atoms with Crippen LogP contribution in [0.5, 0.6) is 11.5 Å². The number of amides is 1. The molecule has 0 aliphatic rings. The van der Waals surface area contributed by atoms with E-state index in [0.717, 1.165) is 28.6 Å². The number of benzene rings is 2. The summed E-state index contributed by atoms with van der Waals surface area (Å²) in [6.07, 6.45) is 1.81. The van der Waals surface area contributed by atoms with Crippen molar-refractivity contribution in [1.29, 1.82) is 0 Å². The minimum absolute atomic E-state index is 0.0190. The number of nitrogens with one attached hydrogen (secondary N) is 1. The summed E-state index contributed by atoms with van der Waals surface area (Å²) in [6.45, 7) is 6.37. The lowest BCUT2D eigenvalue weighted by molar-refractivity contribution is -0.124. The standard InChI is InChI=1S/C22H28BrNO3/c1-5-16-6-11-21(19(23)13-16)27-14-22(25)24-20(12-15(2)3)17-7-9-18(26-4)10-8-17/h6-11,13,15,20H,5,12,14H2,1-4H3,(H,24,25). The van der Waals surface area contributed by atoms with Crippen molar-refractivity contribution in [2.45, 2.75) is 39.7 Å². The van der Waals surface area contributed by atoms with Crippen molar-refractivity contribution >= 4 is 21.8 Å². The Morgan fingerprint density at radius 2 is 1.85 bits per heavy atom. The lowest BCUT2D eigenvalue weighted by Crippen LogP contribution is -2.33. The summed E-state index contributed by atoms with van der Waals surface area (Å²) in [5, 5.41) is 3.09. The lowest BCUT2D eigenvalue weighted by atomic mass is 9.97. The maximum Gasteiger partial charge on any atom is 0.258 e. The van der Waals surface area contributed by atoms with Gasteiger partial charge in [0.1, 0.15) is 11.5 Å². The van der Waals surface area contributed by atoms with Crippen molar-refractivity contribution in [2.24, 2.45) is 5.92 Å². The third kappa shape index (κ3) is 6.58. The smallest absolute Gasteiger partial charge is 0.258 e. The Labute approximate surface area is 170 Å². The van der Waals surface area contributed by atoms with Crippen LogP contribution in [-0.2, 0) is 11.2 Å². The van der Waals surface area contributed by atoms with Crippen molar-refractivity contribution < 1.29 is 14.3 Å². The van der Waals surface area contributed by atoms with Gasteiger partial charge in [0.05, 0.1) is 17.6 Å². The van der Waals surface area contributed by atoms with Crippen LogP contribution in [-0.4, -0.2) is 19.6 Å². The van der Waals surface area contributed by atoms with Gasteiger partial charge in [-0.05, 0) is 70.1 Å². The highest BCUT2D eigenvalue weighted by Crippen LogP contribution is 2.27. The van der Waals surface area contributed by atoms with E-state index in [9.17, 15) is 4.79 Å². The molecule has 2 rings (SSSR count). The number of hydrogen-bond donors (Lipinski definition) is 1. The van der Waals surface area contributed by atoms with Gasteiger partial charge in [0.2, 0.25) is 0 Å². The van der Waals surface area contributed by atoms with Gasteiger partial charge in [0.15, 0.2) is 6.61 Å². The monoisotopic (exact) mass is 433 g/mol. The number of carbonyl (C=O) groups excluding carboxylic acids is 1. The van der Waals surface area contributed by atoms with Crippen LogP contribution in [0.2, 0.25) is 0 Å². The average molecular weight is 434 g/mol. The third-order valence-corrected chi connectivity index (χ3v) is 4.94. The fourth-order valence-corrected chi connectivity index (χ4v) is 3.39. The van der Waals surface area contributed by atoms with E-state index < -0.39 is 0 Å². The molecule has 0 aliphatic heterocycles. The normalized spacial score (nSPS) is 11.9. The molecule has 0 aromatic heterocycles. The van der Waals surface area contributed by atoms with Gasteiger partial charge >= 0.3 is 0 Å². The predicted octanol–water partition coefficient (Wildman–Crippen LogP) is 5.30.